The van der Waals surface area contributed by atoms with Crippen molar-refractivity contribution in [2.24, 2.45) is 0 Å². The molecule has 11 heavy (non-hydrogen) atoms. The minimum Gasteiger partial charge on any atom is -0.392 e. The molecule has 0 aliphatic carbocycles. The van der Waals surface area contributed by atoms with Gasteiger partial charge in [-0.25, -0.2) is 8.78 Å². The second-order valence-corrected chi connectivity index (χ2v) is 2.35. The number of hydrogen-bond acceptors (Lipinski definition) is 1. The van der Waals surface area contributed by atoms with Gasteiger partial charge in [-0.3, -0.25) is 0 Å². The molecule has 0 heterocycles. The number of aliphatic hydroxyl groups excluding tert-OH is 1. The summed E-state index contributed by atoms with van der Waals surface area (Å²) in [7, 11) is 0. The highest BCUT2D eigenvalue weighted by molar-refractivity contribution is 5.24. The Bertz CT molecular complexity index is 271. The topological polar surface area (TPSA) is 20.2 Å². The fourth-order valence-corrected chi connectivity index (χ4v) is 0.809. The number of benzene rings is 1. The smallest absolute Gasteiger partial charge is 0.129 e. The van der Waals surface area contributed by atoms with Gasteiger partial charge >= 0.3 is 0 Å². The summed E-state index contributed by atoms with van der Waals surface area (Å²) in [5, 5.41) is 8.53. The number of rotatable bonds is 1. The standard InChI is InChI=1S/C8H8F2O/c1-5-2-8(10)6(4-11)3-7(5)9/h2-3,11H,4H2,1H3. The molecule has 0 aromatic heterocycles. The van der Waals surface area contributed by atoms with Gasteiger partial charge in [-0.2, -0.15) is 0 Å². The molecule has 0 saturated carbocycles. The Labute approximate surface area is 63.3 Å². The Morgan fingerprint density at radius 3 is 2.45 bits per heavy atom. The van der Waals surface area contributed by atoms with Gasteiger partial charge in [0.25, 0.3) is 0 Å². The maximum atomic E-state index is 12.7. The normalized spacial score (nSPS) is 10.2. The molecule has 0 amide bonds. The van der Waals surface area contributed by atoms with E-state index in [4.69, 9.17) is 5.11 Å². The molecule has 0 aliphatic heterocycles. The van der Waals surface area contributed by atoms with Gasteiger partial charge in [-0.1, -0.05) is 0 Å². The third-order valence-corrected chi connectivity index (χ3v) is 1.50. The van der Waals surface area contributed by atoms with E-state index in [1.165, 1.54) is 6.92 Å². The molecule has 0 radical (unpaired) electrons. The molecule has 1 aromatic carbocycles. The fourth-order valence-electron chi connectivity index (χ4n) is 0.809. The van der Waals surface area contributed by atoms with Crippen LogP contribution in [-0.2, 0) is 6.61 Å². The van der Waals surface area contributed by atoms with E-state index in [0.717, 1.165) is 12.1 Å². The lowest BCUT2D eigenvalue weighted by Gasteiger charge is -2.00. The quantitative estimate of drug-likeness (QED) is 0.660. The van der Waals surface area contributed by atoms with Crippen molar-refractivity contribution in [3.05, 3.63) is 34.9 Å². The van der Waals surface area contributed by atoms with Gasteiger partial charge in [0.1, 0.15) is 11.6 Å². The molecule has 1 rings (SSSR count). The van der Waals surface area contributed by atoms with Gasteiger partial charge in [0.15, 0.2) is 0 Å². The van der Waals surface area contributed by atoms with E-state index in [1.807, 2.05) is 0 Å². The summed E-state index contributed by atoms with van der Waals surface area (Å²) in [4.78, 5) is 0. The largest absolute Gasteiger partial charge is 0.392 e. The molecule has 60 valence electrons. The summed E-state index contributed by atoms with van der Waals surface area (Å²) >= 11 is 0. The number of halogens is 2. The van der Waals surface area contributed by atoms with Gasteiger partial charge < -0.3 is 5.11 Å². The maximum absolute atomic E-state index is 12.7. The van der Waals surface area contributed by atoms with Crippen LogP contribution >= 0.6 is 0 Å². The summed E-state index contributed by atoms with van der Waals surface area (Å²) < 4.78 is 25.4. The van der Waals surface area contributed by atoms with E-state index in [9.17, 15) is 8.78 Å². The van der Waals surface area contributed by atoms with E-state index in [1.54, 1.807) is 0 Å². The molecule has 0 fully saturated rings. The Hall–Kier alpha value is -0.960. The predicted molar refractivity (Wildman–Crippen MR) is 37.0 cm³/mol. The van der Waals surface area contributed by atoms with Crippen molar-refractivity contribution in [3.63, 3.8) is 0 Å². The number of aryl methyl sites for hydroxylation is 1. The van der Waals surface area contributed by atoms with Crippen LogP contribution in [0.3, 0.4) is 0 Å². The van der Waals surface area contributed by atoms with E-state index in [2.05, 4.69) is 0 Å². The van der Waals surface area contributed by atoms with Crippen molar-refractivity contribution in [2.75, 3.05) is 0 Å². The molecular formula is C8H8F2O. The van der Waals surface area contributed by atoms with Crippen molar-refractivity contribution in [1.29, 1.82) is 0 Å². The van der Waals surface area contributed by atoms with Crippen LogP contribution in [0.4, 0.5) is 8.78 Å². The van der Waals surface area contributed by atoms with E-state index in [-0.39, 0.29) is 11.1 Å². The van der Waals surface area contributed by atoms with Crippen molar-refractivity contribution in [3.8, 4) is 0 Å². The first kappa shape index (κ1) is 8.14. The van der Waals surface area contributed by atoms with Crippen LogP contribution in [-0.4, -0.2) is 5.11 Å². The first-order valence-corrected chi connectivity index (χ1v) is 3.20. The lowest BCUT2D eigenvalue weighted by molar-refractivity contribution is 0.275. The van der Waals surface area contributed by atoms with Crippen molar-refractivity contribution >= 4 is 0 Å². The minimum atomic E-state index is -0.564. The highest BCUT2D eigenvalue weighted by Gasteiger charge is 2.04. The molecule has 0 bridgehead atoms. The third-order valence-electron chi connectivity index (χ3n) is 1.50. The van der Waals surface area contributed by atoms with Gasteiger partial charge in [-0.05, 0) is 24.6 Å². The second-order valence-electron chi connectivity index (χ2n) is 2.35. The van der Waals surface area contributed by atoms with Gasteiger partial charge in [0, 0.05) is 5.56 Å². The van der Waals surface area contributed by atoms with Crippen LogP contribution < -0.4 is 0 Å². The number of aliphatic hydroxyl groups is 1. The second kappa shape index (κ2) is 2.96. The molecule has 0 atom stereocenters. The van der Waals surface area contributed by atoms with Crippen LogP contribution in [0.25, 0.3) is 0 Å². The average Bonchev–Trinajstić information content (AvgIpc) is 1.97. The molecule has 0 unspecified atom stereocenters. The van der Waals surface area contributed by atoms with Gasteiger partial charge in [-0.15, -0.1) is 0 Å². The number of hydrogen-bond donors (Lipinski definition) is 1. The first-order chi connectivity index (χ1) is 5.15. The SMILES string of the molecule is Cc1cc(F)c(CO)cc1F. The minimum absolute atomic E-state index is 0.00639. The first-order valence-electron chi connectivity index (χ1n) is 3.20. The summed E-state index contributed by atoms with van der Waals surface area (Å²) in [6.07, 6.45) is 0. The molecule has 3 heteroatoms. The zero-order valence-corrected chi connectivity index (χ0v) is 6.06. The molecular weight excluding hydrogens is 150 g/mol. The zero-order chi connectivity index (χ0) is 8.43. The fraction of sp³-hybridized carbons (Fsp3) is 0.250. The highest BCUT2D eigenvalue weighted by Crippen LogP contribution is 2.13. The monoisotopic (exact) mass is 158 g/mol. The summed E-state index contributed by atoms with van der Waals surface area (Å²) in [6.45, 7) is 1.00. The van der Waals surface area contributed by atoms with Crippen molar-refractivity contribution in [2.45, 2.75) is 13.5 Å². The molecule has 0 aliphatic rings. The summed E-state index contributed by atoms with van der Waals surface area (Å²) in [5.41, 5.74) is 0.243. The maximum Gasteiger partial charge on any atom is 0.129 e. The van der Waals surface area contributed by atoms with Gasteiger partial charge in [0.2, 0.25) is 0 Å². The molecule has 0 spiro atoms. The Balaban J connectivity index is 3.21. The third kappa shape index (κ3) is 1.54. The zero-order valence-electron chi connectivity index (χ0n) is 6.06. The van der Waals surface area contributed by atoms with E-state index < -0.39 is 18.2 Å². The van der Waals surface area contributed by atoms with Crippen LogP contribution in [0.2, 0.25) is 0 Å². The van der Waals surface area contributed by atoms with Crippen LogP contribution in [0.5, 0.6) is 0 Å². The highest BCUT2D eigenvalue weighted by atomic mass is 19.1. The Kier molecular flexibility index (Phi) is 2.19. The van der Waals surface area contributed by atoms with Crippen LogP contribution in [0.1, 0.15) is 11.1 Å². The molecule has 1 nitrogen and oxygen atoms in total. The van der Waals surface area contributed by atoms with E-state index >= 15 is 0 Å². The Morgan fingerprint density at radius 1 is 1.27 bits per heavy atom. The van der Waals surface area contributed by atoms with Crippen LogP contribution in [0.15, 0.2) is 12.1 Å². The van der Waals surface area contributed by atoms with Gasteiger partial charge in [0.05, 0.1) is 6.61 Å². The average molecular weight is 158 g/mol. The summed E-state index contributed by atoms with van der Waals surface area (Å²) in [6, 6.07) is 2.07. The van der Waals surface area contributed by atoms with Crippen molar-refractivity contribution < 1.29 is 13.9 Å². The predicted octanol–water partition coefficient (Wildman–Crippen LogP) is 1.77. The molecule has 1 aromatic rings. The van der Waals surface area contributed by atoms with Crippen LogP contribution in [0, 0.1) is 18.6 Å². The van der Waals surface area contributed by atoms with Crippen molar-refractivity contribution in [1.82, 2.24) is 0 Å². The molecule has 0 saturated heterocycles. The summed E-state index contributed by atoms with van der Waals surface area (Å²) in [5.74, 6) is -1.05. The Morgan fingerprint density at radius 2 is 1.91 bits per heavy atom. The lowest BCUT2D eigenvalue weighted by Crippen LogP contribution is -1.93. The molecule has 1 N–H and O–H groups in total. The lowest BCUT2D eigenvalue weighted by atomic mass is 10.1. The van der Waals surface area contributed by atoms with E-state index in [0.29, 0.717) is 0 Å².